The number of benzene rings is 2. The maximum Gasteiger partial charge on any atom is 0.323 e. The van der Waals surface area contributed by atoms with Crippen LogP contribution < -0.4 is 26.2 Å². The SMILES string of the molecule is CCCCn1c(=O)c(NC(=O)Nc2cccc(C(=O)Nc3cccnc3)c2C(C)(C)C)c(-c2cccc(OC)c2)c2cccnc21. The molecule has 0 spiro atoms. The highest BCUT2D eigenvalue weighted by Gasteiger charge is 2.27. The summed E-state index contributed by atoms with van der Waals surface area (Å²) in [5.41, 5.74) is 3.03. The van der Waals surface area contributed by atoms with Crippen LogP contribution in [-0.4, -0.2) is 33.6 Å². The van der Waals surface area contributed by atoms with Crippen molar-refractivity contribution in [2.75, 3.05) is 23.1 Å². The van der Waals surface area contributed by atoms with Gasteiger partial charge in [0.05, 0.1) is 19.0 Å². The normalized spacial score (nSPS) is 11.2. The molecule has 5 rings (SSSR count). The van der Waals surface area contributed by atoms with E-state index in [0.29, 0.717) is 57.0 Å². The summed E-state index contributed by atoms with van der Waals surface area (Å²) in [4.78, 5) is 50.1. The first kappa shape index (κ1) is 31.9. The van der Waals surface area contributed by atoms with E-state index in [-0.39, 0.29) is 17.2 Å². The van der Waals surface area contributed by atoms with E-state index in [1.54, 1.807) is 60.6 Å². The Morgan fingerprint density at radius 1 is 0.935 bits per heavy atom. The van der Waals surface area contributed by atoms with E-state index in [1.807, 2.05) is 57.2 Å². The fraction of sp³-hybridized carbons (Fsp3) is 0.250. The van der Waals surface area contributed by atoms with Gasteiger partial charge in [0.2, 0.25) is 0 Å². The van der Waals surface area contributed by atoms with Crippen molar-refractivity contribution >= 4 is 40.0 Å². The summed E-state index contributed by atoms with van der Waals surface area (Å²) in [6.45, 7) is 8.40. The van der Waals surface area contributed by atoms with Crippen molar-refractivity contribution in [2.45, 2.75) is 52.5 Å². The summed E-state index contributed by atoms with van der Waals surface area (Å²) in [6.07, 6.45) is 6.49. The molecule has 0 radical (unpaired) electrons. The van der Waals surface area contributed by atoms with Crippen LogP contribution in [0.2, 0.25) is 0 Å². The van der Waals surface area contributed by atoms with Crippen LogP contribution in [0.25, 0.3) is 22.2 Å². The number of rotatable bonds is 9. The summed E-state index contributed by atoms with van der Waals surface area (Å²) in [5.74, 6) is 0.277. The monoisotopic (exact) mass is 618 g/mol. The molecule has 0 saturated carbocycles. The van der Waals surface area contributed by atoms with Gasteiger partial charge in [0.25, 0.3) is 11.5 Å². The van der Waals surface area contributed by atoms with Crippen LogP contribution in [0.5, 0.6) is 5.75 Å². The fourth-order valence-corrected chi connectivity index (χ4v) is 5.55. The predicted molar refractivity (Wildman–Crippen MR) is 183 cm³/mol. The first-order chi connectivity index (χ1) is 22.1. The lowest BCUT2D eigenvalue weighted by Gasteiger charge is -2.26. The van der Waals surface area contributed by atoms with Crippen LogP contribution in [0.3, 0.4) is 0 Å². The van der Waals surface area contributed by atoms with E-state index in [2.05, 4.69) is 32.8 Å². The van der Waals surface area contributed by atoms with Crippen molar-refractivity contribution in [1.82, 2.24) is 14.5 Å². The summed E-state index contributed by atoms with van der Waals surface area (Å²) < 4.78 is 7.09. The zero-order valence-electron chi connectivity index (χ0n) is 26.7. The van der Waals surface area contributed by atoms with Gasteiger partial charge in [0.15, 0.2) is 0 Å². The Hall–Kier alpha value is -5.51. The fourth-order valence-electron chi connectivity index (χ4n) is 5.55. The number of aryl methyl sites for hydroxylation is 1. The number of amides is 3. The second-order valence-corrected chi connectivity index (χ2v) is 11.9. The summed E-state index contributed by atoms with van der Waals surface area (Å²) in [7, 11) is 1.58. The van der Waals surface area contributed by atoms with Crippen molar-refractivity contribution in [1.29, 1.82) is 0 Å². The number of ether oxygens (including phenoxy) is 1. The standard InChI is InChI=1S/C36H38N6O4/c1-6-7-20-42-32-26(16-11-19-38-32)29(23-12-8-14-25(21-23)46-5)31(34(42)44)41-35(45)40-28-17-9-15-27(30(28)36(2,3)4)33(43)39-24-13-10-18-37-22-24/h8-19,21-22H,6-7,20H2,1-5H3,(H,39,43)(H2,40,41,45). The van der Waals surface area contributed by atoms with Gasteiger partial charge in [-0.25, -0.2) is 9.78 Å². The number of nitrogens with zero attached hydrogens (tertiary/aromatic N) is 3. The number of hydrogen-bond acceptors (Lipinski definition) is 6. The molecule has 0 fully saturated rings. The highest BCUT2D eigenvalue weighted by atomic mass is 16.5. The maximum absolute atomic E-state index is 14.2. The minimum Gasteiger partial charge on any atom is -0.497 e. The lowest BCUT2D eigenvalue weighted by Crippen LogP contribution is -2.31. The Balaban J connectivity index is 1.59. The summed E-state index contributed by atoms with van der Waals surface area (Å²) >= 11 is 0. The number of carbonyl (C=O) groups is 2. The van der Waals surface area contributed by atoms with Crippen molar-refractivity contribution < 1.29 is 14.3 Å². The number of pyridine rings is 3. The minimum atomic E-state index is -0.623. The van der Waals surface area contributed by atoms with E-state index in [1.165, 1.54) is 0 Å². The van der Waals surface area contributed by atoms with E-state index in [0.717, 1.165) is 12.8 Å². The Morgan fingerprint density at radius 2 is 1.72 bits per heavy atom. The minimum absolute atomic E-state index is 0.116. The number of carbonyl (C=O) groups excluding carboxylic acids is 2. The molecule has 46 heavy (non-hydrogen) atoms. The maximum atomic E-state index is 14.2. The third-order valence-electron chi connectivity index (χ3n) is 7.58. The number of methoxy groups -OCH3 is 1. The van der Waals surface area contributed by atoms with Crippen molar-refractivity contribution in [3.05, 3.63) is 107 Å². The number of fused-ring (bicyclic) bond motifs is 1. The molecule has 236 valence electrons. The second kappa shape index (κ2) is 13.6. The number of unbranched alkanes of at least 4 members (excludes halogenated alkanes) is 1. The van der Waals surface area contributed by atoms with Crippen molar-refractivity contribution in [3.63, 3.8) is 0 Å². The number of urea groups is 1. The number of nitrogens with one attached hydrogen (secondary N) is 3. The zero-order chi connectivity index (χ0) is 32.8. The first-order valence-corrected chi connectivity index (χ1v) is 15.2. The van der Waals surface area contributed by atoms with Crippen LogP contribution in [0.15, 0.2) is 90.1 Å². The molecule has 3 amide bonds. The number of aromatic nitrogens is 3. The van der Waals surface area contributed by atoms with Crippen molar-refractivity contribution in [2.24, 2.45) is 0 Å². The van der Waals surface area contributed by atoms with Gasteiger partial charge < -0.3 is 20.7 Å². The summed E-state index contributed by atoms with van der Waals surface area (Å²) in [5, 5.41) is 9.41. The van der Waals surface area contributed by atoms with Crippen LogP contribution in [0.4, 0.5) is 21.9 Å². The van der Waals surface area contributed by atoms with E-state index in [4.69, 9.17) is 4.74 Å². The van der Waals surface area contributed by atoms with Gasteiger partial charge in [-0.1, -0.05) is 52.3 Å². The molecular weight excluding hydrogens is 580 g/mol. The number of anilines is 3. The molecule has 0 unspecified atom stereocenters. The molecule has 0 aliphatic heterocycles. The lowest BCUT2D eigenvalue weighted by molar-refractivity contribution is 0.102. The molecule has 2 aromatic carbocycles. The smallest absolute Gasteiger partial charge is 0.323 e. The molecule has 3 N–H and O–H groups in total. The van der Waals surface area contributed by atoms with Gasteiger partial charge in [0, 0.05) is 41.1 Å². The third-order valence-corrected chi connectivity index (χ3v) is 7.58. The molecule has 0 saturated heterocycles. The quantitative estimate of drug-likeness (QED) is 0.157. The molecule has 0 atom stereocenters. The van der Waals surface area contributed by atoms with Crippen LogP contribution in [0, 0.1) is 0 Å². The number of hydrogen-bond donors (Lipinski definition) is 3. The Labute approximate surface area is 267 Å². The van der Waals surface area contributed by atoms with Gasteiger partial charge in [-0.3, -0.25) is 19.1 Å². The van der Waals surface area contributed by atoms with E-state index < -0.39 is 11.4 Å². The average molecular weight is 619 g/mol. The predicted octanol–water partition coefficient (Wildman–Crippen LogP) is 7.46. The lowest BCUT2D eigenvalue weighted by atomic mass is 9.82. The van der Waals surface area contributed by atoms with Gasteiger partial charge in [-0.2, -0.15) is 0 Å². The molecule has 10 nitrogen and oxygen atoms in total. The van der Waals surface area contributed by atoms with Crippen molar-refractivity contribution in [3.8, 4) is 16.9 Å². The molecule has 0 bridgehead atoms. The Bertz CT molecular complexity index is 1950. The molecule has 0 aliphatic rings. The highest BCUT2D eigenvalue weighted by Crippen LogP contribution is 2.36. The van der Waals surface area contributed by atoms with Crippen LogP contribution in [0.1, 0.15) is 56.5 Å². The van der Waals surface area contributed by atoms with Gasteiger partial charge >= 0.3 is 6.03 Å². The Kier molecular flexibility index (Phi) is 9.46. The average Bonchev–Trinajstić information content (AvgIpc) is 3.04. The topological polar surface area (TPSA) is 127 Å². The third kappa shape index (κ3) is 6.76. The molecular formula is C36H38N6O4. The molecule has 0 aliphatic carbocycles. The zero-order valence-corrected chi connectivity index (χ0v) is 26.7. The highest BCUT2D eigenvalue weighted by molar-refractivity contribution is 6.10. The largest absolute Gasteiger partial charge is 0.497 e. The molecule has 5 aromatic rings. The van der Waals surface area contributed by atoms with Crippen LogP contribution in [-0.2, 0) is 12.0 Å². The Morgan fingerprint density at radius 3 is 2.43 bits per heavy atom. The summed E-state index contributed by atoms with van der Waals surface area (Å²) in [6, 6.07) is 19.1. The van der Waals surface area contributed by atoms with E-state index in [9.17, 15) is 14.4 Å². The van der Waals surface area contributed by atoms with Gasteiger partial charge in [-0.15, -0.1) is 0 Å². The van der Waals surface area contributed by atoms with Gasteiger partial charge in [-0.05, 0) is 71.5 Å². The van der Waals surface area contributed by atoms with Crippen LogP contribution >= 0.6 is 0 Å². The molecule has 3 aromatic heterocycles. The first-order valence-electron chi connectivity index (χ1n) is 15.2. The molecule has 10 heteroatoms. The van der Waals surface area contributed by atoms with Gasteiger partial charge in [0.1, 0.15) is 17.1 Å². The van der Waals surface area contributed by atoms with E-state index >= 15 is 0 Å². The second-order valence-electron chi connectivity index (χ2n) is 11.9. The molecule has 3 heterocycles.